The zero-order chi connectivity index (χ0) is 21.0. The zero-order valence-electron chi connectivity index (χ0n) is 17.5. The van der Waals surface area contributed by atoms with Crippen LogP contribution in [0.3, 0.4) is 0 Å². The first-order valence-electron chi connectivity index (χ1n) is 10.9. The van der Waals surface area contributed by atoms with E-state index in [0.717, 1.165) is 68.0 Å². The molecule has 0 atom stereocenters. The molecule has 0 unspecified atom stereocenters. The van der Waals surface area contributed by atoms with Gasteiger partial charge >= 0.3 is 0 Å². The lowest BCUT2D eigenvalue weighted by Gasteiger charge is -2.34. The van der Waals surface area contributed by atoms with E-state index in [9.17, 15) is 4.79 Å². The summed E-state index contributed by atoms with van der Waals surface area (Å²) in [6.45, 7) is 4.37. The van der Waals surface area contributed by atoms with Gasteiger partial charge in [0, 0.05) is 32.6 Å². The van der Waals surface area contributed by atoms with Crippen LogP contribution in [0.25, 0.3) is 20.4 Å². The van der Waals surface area contributed by atoms with Crippen LogP contribution in [-0.2, 0) is 17.8 Å². The number of thiazole rings is 2. The first kappa shape index (κ1) is 20.5. The van der Waals surface area contributed by atoms with Crippen LogP contribution in [0, 0.1) is 0 Å². The average Bonchev–Trinajstić information content (AvgIpc) is 3.40. The van der Waals surface area contributed by atoms with Gasteiger partial charge in [-0.25, -0.2) is 9.97 Å². The van der Waals surface area contributed by atoms with Crippen molar-refractivity contribution < 1.29 is 4.79 Å². The number of piperazine rings is 1. The van der Waals surface area contributed by atoms with E-state index in [-0.39, 0.29) is 0 Å². The van der Waals surface area contributed by atoms with Gasteiger partial charge in [-0.15, -0.1) is 22.7 Å². The highest BCUT2D eigenvalue weighted by Gasteiger charge is 2.21. The zero-order valence-corrected chi connectivity index (χ0v) is 19.1. The van der Waals surface area contributed by atoms with Gasteiger partial charge in [-0.1, -0.05) is 24.3 Å². The molecule has 1 fully saturated rings. The Bertz CT molecular complexity index is 1110. The van der Waals surface area contributed by atoms with Gasteiger partial charge in [0.1, 0.15) is 5.01 Å². The SMILES string of the molecule is O=C(CCCCc1nc2ccccc2s1)N1CCN(Cc2nc3ccccc3s2)CC1. The maximum Gasteiger partial charge on any atom is 0.222 e. The Kier molecular flexibility index (Phi) is 6.25. The van der Waals surface area contributed by atoms with E-state index < -0.39 is 0 Å². The third kappa shape index (κ3) is 4.95. The van der Waals surface area contributed by atoms with Gasteiger partial charge in [0.15, 0.2) is 0 Å². The highest BCUT2D eigenvalue weighted by Crippen LogP contribution is 2.24. The molecular formula is C24H26N4OS2. The van der Waals surface area contributed by atoms with Crippen molar-refractivity contribution in [2.75, 3.05) is 26.2 Å². The lowest BCUT2D eigenvalue weighted by Crippen LogP contribution is -2.48. The minimum absolute atomic E-state index is 0.295. The maximum absolute atomic E-state index is 12.6. The van der Waals surface area contributed by atoms with Gasteiger partial charge in [0.05, 0.1) is 32.0 Å². The second kappa shape index (κ2) is 9.42. The maximum atomic E-state index is 12.6. The van der Waals surface area contributed by atoms with Crippen LogP contribution in [0.4, 0.5) is 0 Å². The quantitative estimate of drug-likeness (QED) is 0.373. The van der Waals surface area contributed by atoms with Crippen LogP contribution in [0.15, 0.2) is 48.5 Å². The highest BCUT2D eigenvalue weighted by atomic mass is 32.1. The topological polar surface area (TPSA) is 49.3 Å². The molecule has 4 aromatic rings. The van der Waals surface area contributed by atoms with E-state index in [1.165, 1.54) is 14.4 Å². The summed E-state index contributed by atoms with van der Waals surface area (Å²) in [7, 11) is 0. The van der Waals surface area contributed by atoms with Crippen LogP contribution in [0.1, 0.15) is 29.3 Å². The summed E-state index contributed by atoms with van der Waals surface area (Å²) in [5.74, 6) is 0.295. The second-order valence-corrected chi connectivity index (χ2v) is 10.2. The van der Waals surface area contributed by atoms with E-state index in [1.807, 2.05) is 17.0 Å². The van der Waals surface area contributed by atoms with Crippen molar-refractivity contribution >= 4 is 49.0 Å². The Labute approximate surface area is 190 Å². The third-order valence-corrected chi connectivity index (χ3v) is 7.91. The molecule has 1 aliphatic heterocycles. The normalized spacial score (nSPS) is 15.2. The minimum atomic E-state index is 0.295. The summed E-state index contributed by atoms with van der Waals surface area (Å²) in [4.78, 5) is 26.5. The first-order valence-corrected chi connectivity index (χ1v) is 12.6. The molecule has 2 aromatic carbocycles. The van der Waals surface area contributed by atoms with Gasteiger partial charge in [0.2, 0.25) is 5.91 Å². The van der Waals surface area contributed by atoms with E-state index in [4.69, 9.17) is 4.98 Å². The van der Waals surface area contributed by atoms with Crippen LogP contribution in [-0.4, -0.2) is 51.9 Å². The number of hydrogen-bond acceptors (Lipinski definition) is 6. The minimum Gasteiger partial charge on any atom is -0.340 e. The van der Waals surface area contributed by atoms with Crippen LogP contribution in [0.5, 0.6) is 0 Å². The van der Waals surface area contributed by atoms with Crippen LogP contribution in [0.2, 0.25) is 0 Å². The fourth-order valence-corrected chi connectivity index (χ4v) is 6.09. The third-order valence-electron chi connectivity index (χ3n) is 5.79. The number of para-hydroxylation sites is 2. The van der Waals surface area contributed by atoms with Gasteiger partial charge in [-0.05, 0) is 43.5 Å². The molecular weight excluding hydrogens is 424 g/mol. The number of carbonyl (C=O) groups is 1. The number of carbonyl (C=O) groups excluding carboxylic acids is 1. The number of fused-ring (bicyclic) bond motifs is 2. The second-order valence-electron chi connectivity index (χ2n) is 8.01. The Morgan fingerprint density at radius 1 is 0.806 bits per heavy atom. The number of unbranched alkanes of at least 4 members (excludes halogenated alkanes) is 1. The highest BCUT2D eigenvalue weighted by molar-refractivity contribution is 7.18. The van der Waals surface area contributed by atoms with Gasteiger partial charge in [-0.3, -0.25) is 9.69 Å². The first-order chi connectivity index (χ1) is 15.2. The average molecular weight is 451 g/mol. The molecule has 0 N–H and O–H groups in total. The Balaban J connectivity index is 1.04. The molecule has 0 spiro atoms. The van der Waals surface area contributed by atoms with E-state index in [0.29, 0.717) is 12.3 Å². The molecule has 2 aromatic heterocycles. The number of aryl methyl sites for hydroxylation is 1. The lowest BCUT2D eigenvalue weighted by atomic mass is 10.1. The van der Waals surface area contributed by atoms with Crippen molar-refractivity contribution in [3.63, 3.8) is 0 Å². The standard InChI is InChI=1S/C24H26N4OS2/c29-24(12-6-5-11-22-25-18-7-1-3-9-20(18)30-22)28-15-13-27(14-16-28)17-23-26-19-8-2-4-10-21(19)31-23/h1-4,7-10H,5-6,11-17H2. The van der Waals surface area contributed by atoms with E-state index in [2.05, 4.69) is 46.3 Å². The molecule has 1 aliphatic rings. The number of aromatic nitrogens is 2. The van der Waals surface area contributed by atoms with E-state index in [1.54, 1.807) is 22.7 Å². The smallest absolute Gasteiger partial charge is 0.222 e. The van der Waals surface area contributed by atoms with Gasteiger partial charge in [-0.2, -0.15) is 0 Å². The largest absolute Gasteiger partial charge is 0.340 e. The predicted molar refractivity (Wildman–Crippen MR) is 129 cm³/mol. The Morgan fingerprint density at radius 3 is 2.10 bits per heavy atom. The van der Waals surface area contributed by atoms with Crippen molar-refractivity contribution in [3.8, 4) is 0 Å². The van der Waals surface area contributed by atoms with Crippen LogP contribution >= 0.6 is 22.7 Å². The molecule has 160 valence electrons. The van der Waals surface area contributed by atoms with Crippen molar-refractivity contribution in [1.29, 1.82) is 0 Å². The number of benzene rings is 2. The van der Waals surface area contributed by atoms with Crippen molar-refractivity contribution in [1.82, 2.24) is 19.8 Å². The molecule has 3 heterocycles. The van der Waals surface area contributed by atoms with Crippen molar-refractivity contribution in [2.45, 2.75) is 32.2 Å². The fourth-order valence-electron chi connectivity index (χ4n) is 4.07. The number of hydrogen-bond donors (Lipinski definition) is 0. The summed E-state index contributed by atoms with van der Waals surface area (Å²) >= 11 is 3.54. The molecule has 5 rings (SSSR count). The molecule has 1 amide bonds. The van der Waals surface area contributed by atoms with Gasteiger partial charge < -0.3 is 4.90 Å². The van der Waals surface area contributed by atoms with Gasteiger partial charge in [0.25, 0.3) is 0 Å². The summed E-state index contributed by atoms with van der Waals surface area (Å²) in [6, 6.07) is 16.6. The Hall–Kier alpha value is -2.35. The van der Waals surface area contributed by atoms with Crippen LogP contribution < -0.4 is 0 Å². The molecule has 0 saturated carbocycles. The number of nitrogens with zero attached hydrogens (tertiary/aromatic N) is 4. The molecule has 0 radical (unpaired) electrons. The lowest BCUT2D eigenvalue weighted by molar-refractivity contribution is -0.133. The Morgan fingerprint density at radius 2 is 1.42 bits per heavy atom. The van der Waals surface area contributed by atoms with E-state index >= 15 is 0 Å². The summed E-state index contributed by atoms with van der Waals surface area (Å²) < 4.78 is 2.49. The fraction of sp³-hybridized carbons (Fsp3) is 0.375. The number of amides is 1. The number of rotatable bonds is 7. The molecule has 7 heteroatoms. The molecule has 5 nitrogen and oxygen atoms in total. The monoisotopic (exact) mass is 450 g/mol. The van der Waals surface area contributed by atoms with Crippen molar-refractivity contribution in [2.24, 2.45) is 0 Å². The summed E-state index contributed by atoms with van der Waals surface area (Å²) in [5, 5.41) is 2.34. The molecule has 0 bridgehead atoms. The predicted octanol–water partition coefficient (Wildman–Crippen LogP) is 4.96. The summed E-state index contributed by atoms with van der Waals surface area (Å²) in [6.07, 6.45) is 3.55. The molecule has 1 saturated heterocycles. The van der Waals surface area contributed by atoms with Crippen molar-refractivity contribution in [3.05, 3.63) is 58.5 Å². The summed E-state index contributed by atoms with van der Waals surface area (Å²) in [5.41, 5.74) is 2.17. The molecule has 31 heavy (non-hydrogen) atoms. The molecule has 0 aliphatic carbocycles.